The minimum atomic E-state index is 0.394. The standard InChI is InChI=1S/C18H11N5O2/c1-10-14-8-11(9-20-17(14)25-23-10)16-21-22-18(24-16)13-4-2-6-15-12(13)5-3-7-19-15/h2-9H,1H3. The van der Waals surface area contributed by atoms with Crippen LogP contribution in [0.3, 0.4) is 0 Å². The number of hydrogen-bond donors (Lipinski definition) is 0. The van der Waals surface area contributed by atoms with Crippen LogP contribution in [0.2, 0.25) is 0 Å². The van der Waals surface area contributed by atoms with Crippen molar-refractivity contribution in [2.24, 2.45) is 0 Å². The van der Waals surface area contributed by atoms with E-state index in [4.69, 9.17) is 8.94 Å². The fourth-order valence-electron chi connectivity index (χ4n) is 2.80. The fourth-order valence-corrected chi connectivity index (χ4v) is 2.80. The van der Waals surface area contributed by atoms with Crippen molar-refractivity contribution in [1.82, 2.24) is 25.3 Å². The molecule has 7 nitrogen and oxygen atoms in total. The number of fused-ring (bicyclic) bond motifs is 2. The van der Waals surface area contributed by atoms with Gasteiger partial charge < -0.3 is 8.94 Å². The molecule has 0 aliphatic carbocycles. The number of rotatable bonds is 2. The molecular formula is C18H11N5O2. The molecule has 5 rings (SSSR count). The summed E-state index contributed by atoms with van der Waals surface area (Å²) in [5, 5.41) is 14.0. The lowest BCUT2D eigenvalue weighted by atomic mass is 10.1. The largest absolute Gasteiger partial charge is 0.416 e. The molecule has 0 atom stereocenters. The molecule has 0 saturated carbocycles. The zero-order chi connectivity index (χ0) is 16.8. The first kappa shape index (κ1) is 13.8. The van der Waals surface area contributed by atoms with Gasteiger partial charge in [-0.2, -0.15) is 0 Å². The molecule has 7 heteroatoms. The first-order valence-corrected chi connectivity index (χ1v) is 7.69. The van der Waals surface area contributed by atoms with Gasteiger partial charge in [-0.1, -0.05) is 17.3 Å². The van der Waals surface area contributed by atoms with E-state index in [0.717, 1.165) is 33.1 Å². The molecule has 25 heavy (non-hydrogen) atoms. The van der Waals surface area contributed by atoms with E-state index >= 15 is 0 Å². The van der Waals surface area contributed by atoms with Gasteiger partial charge in [0.15, 0.2) is 0 Å². The predicted molar refractivity (Wildman–Crippen MR) is 90.6 cm³/mol. The molecule has 4 aromatic heterocycles. The lowest BCUT2D eigenvalue weighted by Crippen LogP contribution is -1.83. The van der Waals surface area contributed by atoms with Gasteiger partial charge in [0.25, 0.3) is 5.71 Å². The molecule has 0 fully saturated rings. The van der Waals surface area contributed by atoms with Crippen LogP contribution in [0.15, 0.2) is 57.7 Å². The Labute approximate surface area is 141 Å². The summed E-state index contributed by atoms with van der Waals surface area (Å²) in [5.41, 5.74) is 3.70. The van der Waals surface area contributed by atoms with E-state index in [9.17, 15) is 0 Å². The summed E-state index contributed by atoms with van der Waals surface area (Å²) in [6, 6.07) is 11.6. The van der Waals surface area contributed by atoms with E-state index in [2.05, 4.69) is 25.3 Å². The number of aromatic nitrogens is 5. The van der Waals surface area contributed by atoms with Crippen molar-refractivity contribution in [3.8, 4) is 22.9 Å². The zero-order valence-electron chi connectivity index (χ0n) is 13.2. The molecule has 0 aliphatic rings. The van der Waals surface area contributed by atoms with Gasteiger partial charge in [0, 0.05) is 23.3 Å². The normalized spacial score (nSPS) is 11.4. The highest BCUT2D eigenvalue weighted by molar-refractivity contribution is 5.92. The summed E-state index contributed by atoms with van der Waals surface area (Å²) < 4.78 is 11.0. The van der Waals surface area contributed by atoms with E-state index in [1.54, 1.807) is 12.4 Å². The van der Waals surface area contributed by atoms with Crippen LogP contribution < -0.4 is 0 Å². The Bertz CT molecular complexity index is 1220. The highest BCUT2D eigenvalue weighted by Crippen LogP contribution is 2.30. The molecule has 0 radical (unpaired) electrons. The molecule has 0 unspecified atom stereocenters. The minimum absolute atomic E-state index is 0.394. The molecule has 0 saturated heterocycles. The fraction of sp³-hybridized carbons (Fsp3) is 0.0556. The predicted octanol–water partition coefficient (Wildman–Crippen LogP) is 3.80. The van der Waals surface area contributed by atoms with Crippen LogP contribution >= 0.6 is 0 Å². The molecule has 0 spiro atoms. The monoisotopic (exact) mass is 329 g/mol. The van der Waals surface area contributed by atoms with E-state index in [1.807, 2.05) is 43.3 Å². The first-order chi connectivity index (χ1) is 12.3. The summed E-state index contributed by atoms with van der Waals surface area (Å²) in [6.07, 6.45) is 3.39. The van der Waals surface area contributed by atoms with Gasteiger partial charge in [0.05, 0.1) is 22.2 Å². The van der Waals surface area contributed by atoms with Gasteiger partial charge in [-0.3, -0.25) is 4.98 Å². The Morgan fingerprint density at radius 1 is 0.920 bits per heavy atom. The van der Waals surface area contributed by atoms with Gasteiger partial charge in [-0.05, 0) is 31.2 Å². The van der Waals surface area contributed by atoms with Gasteiger partial charge in [0.1, 0.15) is 0 Å². The van der Waals surface area contributed by atoms with Crippen molar-refractivity contribution in [1.29, 1.82) is 0 Å². The maximum atomic E-state index is 5.89. The molecule has 0 aliphatic heterocycles. The molecule has 4 heterocycles. The lowest BCUT2D eigenvalue weighted by Gasteiger charge is -2.01. The average molecular weight is 329 g/mol. The van der Waals surface area contributed by atoms with Crippen molar-refractivity contribution < 1.29 is 8.94 Å². The highest BCUT2D eigenvalue weighted by atomic mass is 16.5. The summed E-state index contributed by atoms with van der Waals surface area (Å²) in [4.78, 5) is 8.60. The van der Waals surface area contributed by atoms with Gasteiger partial charge in [0.2, 0.25) is 11.8 Å². The quantitative estimate of drug-likeness (QED) is 0.486. The number of aryl methyl sites for hydroxylation is 1. The molecule has 0 N–H and O–H groups in total. The smallest absolute Gasteiger partial charge is 0.257 e. The first-order valence-electron chi connectivity index (χ1n) is 7.69. The second-order valence-corrected chi connectivity index (χ2v) is 5.63. The Morgan fingerprint density at radius 3 is 2.80 bits per heavy atom. The Morgan fingerprint density at radius 2 is 1.84 bits per heavy atom. The second-order valence-electron chi connectivity index (χ2n) is 5.63. The van der Waals surface area contributed by atoms with Crippen LogP contribution in [0.5, 0.6) is 0 Å². The zero-order valence-corrected chi connectivity index (χ0v) is 13.2. The molecule has 1 aromatic carbocycles. The molecule has 0 bridgehead atoms. The van der Waals surface area contributed by atoms with E-state index in [1.165, 1.54) is 0 Å². The average Bonchev–Trinajstić information content (AvgIpc) is 3.28. The maximum Gasteiger partial charge on any atom is 0.257 e. The van der Waals surface area contributed by atoms with E-state index < -0.39 is 0 Å². The van der Waals surface area contributed by atoms with Gasteiger partial charge in [-0.25, -0.2) is 4.98 Å². The van der Waals surface area contributed by atoms with Crippen LogP contribution in [-0.4, -0.2) is 25.3 Å². The molecule has 120 valence electrons. The summed E-state index contributed by atoms with van der Waals surface area (Å²) in [5.74, 6) is 0.835. The third-order valence-electron chi connectivity index (χ3n) is 4.06. The summed E-state index contributed by atoms with van der Waals surface area (Å²) in [6.45, 7) is 1.86. The van der Waals surface area contributed by atoms with Crippen molar-refractivity contribution >= 4 is 22.0 Å². The van der Waals surface area contributed by atoms with Crippen LogP contribution in [-0.2, 0) is 0 Å². The molecule has 0 amide bonds. The Hall–Kier alpha value is -3.61. The molecular weight excluding hydrogens is 318 g/mol. The van der Waals surface area contributed by atoms with Crippen LogP contribution in [0.1, 0.15) is 5.69 Å². The summed E-state index contributed by atoms with van der Waals surface area (Å²) >= 11 is 0. The van der Waals surface area contributed by atoms with Gasteiger partial charge in [-0.15, -0.1) is 10.2 Å². The summed E-state index contributed by atoms with van der Waals surface area (Å²) in [7, 11) is 0. The van der Waals surface area contributed by atoms with E-state index in [0.29, 0.717) is 17.5 Å². The maximum absolute atomic E-state index is 5.89. The van der Waals surface area contributed by atoms with Crippen molar-refractivity contribution in [2.45, 2.75) is 6.92 Å². The van der Waals surface area contributed by atoms with Crippen molar-refractivity contribution in [2.75, 3.05) is 0 Å². The number of benzene rings is 1. The van der Waals surface area contributed by atoms with Crippen LogP contribution in [0, 0.1) is 6.92 Å². The minimum Gasteiger partial charge on any atom is -0.416 e. The number of pyridine rings is 2. The van der Waals surface area contributed by atoms with Crippen LogP contribution in [0.4, 0.5) is 0 Å². The molecule has 5 aromatic rings. The van der Waals surface area contributed by atoms with Crippen molar-refractivity contribution in [3.63, 3.8) is 0 Å². The van der Waals surface area contributed by atoms with E-state index in [-0.39, 0.29) is 0 Å². The third kappa shape index (κ3) is 2.17. The lowest BCUT2D eigenvalue weighted by molar-refractivity contribution is 0.443. The van der Waals surface area contributed by atoms with Crippen molar-refractivity contribution in [3.05, 3.63) is 54.5 Å². The van der Waals surface area contributed by atoms with Gasteiger partial charge >= 0.3 is 0 Å². The van der Waals surface area contributed by atoms with Crippen LogP contribution in [0.25, 0.3) is 44.9 Å². The topological polar surface area (TPSA) is 90.7 Å². The second kappa shape index (κ2) is 5.20. The SMILES string of the molecule is Cc1noc2ncc(-c3nnc(-c4cccc5ncccc45)o3)cc12. The third-order valence-corrected chi connectivity index (χ3v) is 4.06. The highest BCUT2D eigenvalue weighted by Gasteiger charge is 2.15. The Kier molecular flexibility index (Phi) is 2.87. The number of nitrogens with zero attached hydrogens (tertiary/aromatic N) is 5. The number of hydrogen-bond acceptors (Lipinski definition) is 7. The Balaban J connectivity index is 1.63.